The smallest absolute Gasteiger partial charge is 0.317 e. The number of rotatable bonds is 9. The molecule has 0 atom stereocenters. The molecule has 110 valence electrons. The molecule has 0 unspecified atom stereocenters. The Morgan fingerprint density at radius 1 is 1.26 bits per heavy atom. The van der Waals surface area contributed by atoms with E-state index in [2.05, 4.69) is 5.32 Å². The van der Waals surface area contributed by atoms with Gasteiger partial charge in [0.2, 0.25) is 0 Å². The maximum atomic E-state index is 11.5. The van der Waals surface area contributed by atoms with Crippen molar-refractivity contribution < 1.29 is 24.2 Å². The Balaban J connectivity index is 1.90. The van der Waals surface area contributed by atoms with Gasteiger partial charge in [0.1, 0.15) is 0 Å². The standard InChI is InChI=1S/C12H22N2O5/c1-18-6-7-19-5-3-2-4-13-12(17)14-8-10(9-14)11(15)16/h10H,2-9H2,1H3,(H,13,17)(H,15,16). The number of hydrogen-bond acceptors (Lipinski definition) is 4. The fourth-order valence-corrected chi connectivity index (χ4v) is 1.68. The van der Waals surface area contributed by atoms with Gasteiger partial charge in [-0.05, 0) is 12.8 Å². The first-order valence-corrected chi connectivity index (χ1v) is 6.47. The Hall–Kier alpha value is -1.34. The van der Waals surface area contributed by atoms with Crippen LogP contribution in [0.4, 0.5) is 4.79 Å². The van der Waals surface area contributed by atoms with E-state index in [0.29, 0.717) is 39.5 Å². The SMILES string of the molecule is COCCOCCCCNC(=O)N1CC(C(=O)O)C1. The molecule has 1 saturated heterocycles. The highest BCUT2D eigenvalue weighted by atomic mass is 16.5. The summed E-state index contributed by atoms with van der Waals surface area (Å²) in [4.78, 5) is 23.6. The predicted molar refractivity (Wildman–Crippen MR) is 68.0 cm³/mol. The van der Waals surface area contributed by atoms with Gasteiger partial charge >= 0.3 is 12.0 Å². The van der Waals surface area contributed by atoms with Crippen LogP contribution < -0.4 is 5.32 Å². The summed E-state index contributed by atoms with van der Waals surface area (Å²) in [5.41, 5.74) is 0. The van der Waals surface area contributed by atoms with Crippen molar-refractivity contribution in [1.82, 2.24) is 10.2 Å². The van der Waals surface area contributed by atoms with E-state index in [-0.39, 0.29) is 6.03 Å². The van der Waals surface area contributed by atoms with Gasteiger partial charge in [-0.3, -0.25) is 4.79 Å². The fraction of sp³-hybridized carbons (Fsp3) is 0.833. The second-order valence-corrected chi connectivity index (χ2v) is 4.48. The number of carbonyl (C=O) groups is 2. The van der Waals surface area contributed by atoms with Crippen molar-refractivity contribution in [3.63, 3.8) is 0 Å². The molecule has 1 fully saturated rings. The molecule has 0 aromatic carbocycles. The summed E-state index contributed by atoms with van der Waals surface area (Å²) in [5.74, 6) is -1.24. The zero-order valence-corrected chi connectivity index (χ0v) is 11.3. The van der Waals surface area contributed by atoms with E-state index in [1.807, 2.05) is 0 Å². The van der Waals surface area contributed by atoms with Gasteiger partial charge in [0.25, 0.3) is 0 Å². The summed E-state index contributed by atoms with van der Waals surface area (Å²) in [6.07, 6.45) is 1.72. The molecule has 0 aliphatic carbocycles. The minimum Gasteiger partial charge on any atom is -0.481 e. The largest absolute Gasteiger partial charge is 0.481 e. The average Bonchev–Trinajstić information content (AvgIpc) is 2.30. The Morgan fingerprint density at radius 2 is 2.00 bits per heavy atom. The van der Waals surface area contributed by atoms with E-state index in [4.69, 9.17) is 14.6 Å². The minimum absolute atomic E-state index is 0.183. The second kappa shape index (κ2) is 8.71. The number of hydrogen-bond donors (Lipinski definition) is 2. The number of aliphatic carboxylic acids is 1. The molecule has 2 N–H and O–H groups in total. The van der Waals surface area contributed by atoms with E-state index in [9.17, 15) is 9.59 Å². The van der Waals surface area contributed by atoms with Crippen LogP contribution in [0.5, 0.6) is 0 Å². The summed E-state index contributed by atoms with van der Waals surface area (Å²) in [6.45, 7) is 3.04. The highest BCUT2D eigenvalue weighted by molar-refractivity contribution is 5.79. The van der Waals surface area contributed by atoms with Crippen LogP contribution in [0.3, 0.4) is 0 Å². The molecule has 0 radical (unpaired) electrons. The lowest BCUT2D eigenvalue weighted by atomic mass is 10.0. The number of likely N-dealkylation sites (tertiary alicyclic amines) is 1. The van der Waals surface area contributed by atoms with Crippen LogP contribution in [0, 0.1) is 5.92 Å². The summed E-state index contributed by atoms with van der Waals surface area (Å²) in [6, 6.07) is -0.183. The third kappa shape index (κ3) is 5.89. The quantitative estimate of drug-likeness (QED) is 0.585. The zero-order valence-electron chi connectivity index (χ0n) is 11.3. The van der Waals surface area contributed by atoms with Gasteiger partial charge in [0, 0.05) is 33.4 Å². The number of urea groups is 1. The zero-order chi connectivity index (χ0) is 14.1. The van der Waals surface area contributed by atoms with Crippen LogP contribution >= 0.6 is 0 Å². The molecule has 2 amide bonds. The third-order valence-corrected chi connectivity index (χ3v) is 2.94. The van der Waals surface area contributed by atoms with Crippen molar-refractivity contribution in [2.24, 2.45) is 5.92 Å². The van der Waals surface area contributed by atoms with Crippen molar-refractivity contribution in [2.45, 2.75) is 12.8 Å². The number of nitrogens with zero attached hydrogens (tertiary/aromatic N) is 1. The van der Waals surface area contributed by atoms with Gasteiger partial charge in [-0.15, -0.1) is 0 Å². The van der Waals surface area contributed by atoms with Gasteiger partial charge in [0.15, 0.2) is 0 Å². The molecule has 1 aliphatic heterocycles. The van der Waals surface area contributed by atoms with E-state index < -0.39 is 11.9 Å². The third-order valence-electron chi connectivity index (χ3n) is 2.94. The summed E-state index contributed by atoms with van der Waals surface area (Å²) in [7, 11) is 1.63. The normalized spacial score (nSPS) is 15.1. The van der Waals surface area contributed by atoms with Gasteiger partial charge in [0.05, 0.1) is 19.1 Å². The van der Waals surface area contributed by atoms with Crippen LogP contribution in [-0.4, -0.2) is 68.6 Å². The van der Waals surface area contributed by atoms with Crippen molar-refractivity contribution >= 4 is 12.0 Å². The first kappa shape index (κ1) is 15.7. The number of methoxy groups -OCH3 is 1. The summed E-state index contributed by atoms with van der Waals surface area (Å²) >= 11 is 0. The van der Waals surface area contributed by atoms with Crippen LogP contribution in [0.2, 0.25) is 0 Å². The molecule has 0 aromatic rings. The van der Waals surface area contributed by atoms with Gasteiger partial charge < -0.3 is 24.8 Å². The number of unbranched alkanes of at least 4 members (excludes halogenated alkanes) is 1. The molecule has 0 spiro atoms. The monoisotopic (exact) mass is 274 g/mol. The van der Waals surface area contributed by atoms with Crippen LogP contribution in [0.1, 0.15) is 12.8 Å². The van der Waals surface area contributed by atoms with Gasteiger partial charge in [-0.25, -0.2) is 4.79 Å². The maximum Gasteiger partial charge on any atom is 0.317 e. The van der Waals surface area contributed by atoms with Crippen molar-refractivity contribution in [1.29, 1.82) is 0 Å². The summed E-state index contributed by atoms with van der Waals surface area (Å²) < 4.78 is 10.1. The van der Waals surface area contributed by atoms with E-state index in [1.54, 1.807) is 7.11 Å². The van der Waals surface area contributed by atoms with Crippen LogP contribution in [0.25, 0.3) is 0 Å². The highest BCUT2D eigenvalue weighted by Crippen LogP contribution is 2.15. The first-order chi connectivity index (χ1) is 9.15. The number of carboxylic acid groups (broad SMARTS) is 1. The summed E-state index contributed by atoms with van der Waals surface area (Å²) in [5, 5.41) is 11.4. The molecule has 1 rings (SSSR count). The number of ether oxygens (including phenoxy) is 2. The van der Waals surface area contributed by atoms with E-state index in [0.717, 1.165) is 12.8 Å². The second-order valence-electron chi connectivity index (χ2n) is 4.48. The topological polar surface area (TPSA) is 88.1 Å². The van der Waals surface area contributed by atoms with E-state index in [1.165, 1.54) is 4.90 Å². The number of carboxylic acids is 1. The molecule has 0 bridgehead atoms. The molecular formula is C12H22N2O5. The van der Waals surface area contributed by atoms with Gasteiger partial charge in [-0.2, -0.15) is 0 Å². The Kier molecular flexibility index (Phi) is 7.20. The van der Waals surface area contributed by atoms with Crippen LogP contribution in [-0.2, 0) is 14.3 Å². The molecule has 0 saturated carbocycles. The van der Waals surface area contributed by atoms with Crippen molar-refractivity contribution in [2.75, 3.05) is 46.6 Å². The molecular weight excluding hydrogens is 252 g/mol. The van der Waals surface area contributed by atoms with Gasteiger partial charge in [-0.1, -0.05) is 0 Å². The fourth-order valence-electron chi connectivity index (χ4n) is 1.68. The molecule has 19 heavy (non-hydrogen) atoms. The maximum absolute atomic E-state index is 11.5. The lowest BCUT2D eigenvalue weighted by molar-refractivity contribution is -0.146. The number of carbonyl (C=O) groups excluding carboxylic acids is 1. The van der Waals surface area contributed by atoms with Crippen molar-refractivity contribution in [3.8, 4) is 0 Å². The Morgan fingerprint density at radius 3 is 2.63 bits per heavy atom. The van der Waals surface area contributed by atoms with Crippen molar-refractivity contribution in [3.05, 3.63) is 0 Å². The molecule has 1 aliphatic rings. The Bertz CT molecular complexity index is 292. The minimum atomic E-state index is -0.836. The molecule has 7 heteroatoms. The number of amides is 2. The molecule has 0 aromatic heterocycles. The predicted octanol–water partition coefficient (Wildman–Crippen LogP) is 0.156. The lowest BCUT2D eigenvalue weighted by Gasteiger charge is -2.36. The first-order valence-electron chi connectivity index (χ1n) is 6.47. The van der Waals surface area contributed by atoms with Crippen LogP contribution in [0.15, 0.2) is 0 Å². The lowest BCUT2D eigenvalue weighted by Crippen LogP contribution is -2.56. The average molecular weight is 274 g/mol. The number of nitrogens with one attached hydrogen (secondary N) is 1. The Labute approximate surface area is 112 Å². The van der Waals surface area contributed by atoms with E-state index >= 15 is 0 Å². The highest BCUT2D eigenvalue weighted by Gasteiger charge is 2.35. The molecule has 7 nitrogen and oxygen atoms in total. The molecule has 1 heterocycles.